The maximum Gasteiger partial charge on any atom is 0.419 e. The van der Waals surface area contributed by atoms with Crippen LogP contribution >= 0.6 is 0 Å². The number of aromatic nitrogens is 1. The van der Waals surface area contributed by atoms with Crippen LogP contribution in [0.15, 0.2) is 27.4 Å². The van der Waals surface area contributed by atoms with Gasteiger partial charge in [0.1, 0.15) is 0 Å². The molecule has 1 aromatic heterocycles. The van der Waals surface area contributed by atoms with E-state index in [0.29, 0.717) is 23.3 Å². The first-order chi connectivity index (χ1) is 7.63. The summed E-state index contributed by atoms with van der Waals surface area (Å²) in [4.78, 5) is 22.7. The highest BCUT2D eigenvalue weighted by molar-refractivity contribution is 5.93. The van der Waals surface area contributed by atoms with Crippen LogP contribution in [0.3, 0.4) is 0 Å². The molecule has 2 rings (SSSR count). The van der Waals surface area contributed by atoms with Gasteiger partial charge in [0.25, 0.3) is 0 Å². The number of oxazole rings is 1. The Labute approximate surface area is 91.2 Å². The largest absolute Gasteiger partial charge is 0.462 e. The molecule has 1 aromatic carbocycles. The number of nitrogens with zero attached hydrogens (tertiary/aromatic N) is 1. The van der Waals surface area contributed by atoms with Gasteiger partial charge in [-0.3, -0.25) is 4.57 Å². The number of aryl methyl sites for hydroxylation is 1. The molecule has 84 valence electrons. The Balaban J connectivity index is 2.55. The zero-order valence-electron chi connectivity index (χ0n) is 9.02. The molecule has 0 aliphatic carbocycles. The summed E-state index contributed by atoms with van der Waals surface area (Å²) in [5, 5.41) is 0. The second-order valence-electron chi connectivity index (χ2n) is 3.33. The number of rotatable bonds is 2. The van der Waals surface area contributed by atoms with Gasteiger partial charge in [0.15, 0.2) is 5.58 Å². The standard InChI is InChI=1S/C11H11NO4/c1-3-15-10(13)7-4-5-9-8(6-7)12(2)11(14)16-9/h4-6H,3H2,1-2H3. The molecule has 0 aliphatic heterocycles. The molecule has 0 radical (unpaired) electrons. The molecule has 0 N–H and O–H groups in total. The van der Waals surface area contributed by atoms with Gasteiger partial charge in [-0.25, -0.2) is 9.59 Å². The summed E-state index contributed by atoms with van der Waals surface area (Å²) in [7, 11) is 1.59. The van der Waals surface area contributed by atoms with Gasteiger partial charge in [0, 0.05) is 7.05 Å². The van der Waals surface area contributed by atoms with Gasteiger partial charge in [-0.1, -0.05) is 0 Å². The van der Waals surface area contributed by atoms with E-state index < -0.39 is 11.7 Å². The summed E-state index contributed by atoms with van der Waals surface area (Å²) in [5.41, 5.74) is 1.45. The Bertz CT molecular complexity index is 594. The Morgan fingerprint density at radius 1 is 1.50 bits per heavy atom. The van der Waals surface area contributed by atoms with E-state index >= 15 is 0 Å². The minimum atomic E-state index is -0.448. The fraction of sp³-hybridized carbons (Fsp3) is 0.273. The smallest absolute Gasteiger partial charge is 0.419 e. The Morgan fingerprint density at radius 3 is 2.94 bits per heavy atom. The van der Waals surface area contributed by atoms with Crippen LogP contribution in [0.1, 0.15) is 17.3 Å². The molecule has 1 heterocycles. The van der Waals surface area contributed by atoms with E-state index in [1.807, 2.05) is 0 Å². The lowest BCUT2D eigenvalue weighted by atomic mass is 10.2. The van der Waals surface area contributed by atoms with E-state index in [1.54, 1.807) is 32.2 Å². The van der Waals surface area contributed by atoms with Crippen LogP contribution in [-0.2, 0) is 11.8 Å². The van der Waals surface area contributed by atoms with Crippen LogP contribution in [0, 0.1) is 0 Å². The van der Waals surface area contributed by atoms with Crippen LogP contribution in [0.5, 0.6) is 0 Å². The fourth-order valence-electron chi connectivity index (χ4n) is 1.47. The molecular formula is C11H11NO4. The zero-order chi connectivity index (χ0) is 11.7. The molecule has 0 saturated heterocycles. The highest BCUT2D eigenvalue weighted by Gasteiger charge is 2.11. The molecule has 0 unspecified atom stereocenters. The van der Waals surface area contributed by atoms with Crippen molar-refractivity contribution < 1.29 is 13.9 Å². The first-order valence-corrected chi connectivity index (χ1v) is 4.90. The van der Waals surface area contributed by atoms with E-state index in [9.17, 15) is 9.59 Å². The molecule has 5 heteroatoms. The highest BCUT2D eigenvalue weighted by atomic mass is 16.5. The number of ether oxygens (including phenoxy) is 1. The number of fused-ring (bicyclic) bond motifs is 1. The lowest BCUT2D eigenvalue weighted by Crippen LogP contribution is -2.09. The van der Waals surface area contributed by atoms with Crippen molar-refractivity contribution in [3.05, 3.63) is 34.3 Å². The SMILES string of the molecule is CCOC(=O)c1ccc2oc(=O)n(C)c2c1. The molecule has 16 heavy (non-hydrogen) atoms. The van der Waals surface area contributed by atoms with Gasteiger partial charge >= 0.3 is 11.7 Å². The molecular weight excluding hydrogens is 210 g/mol. The predicted octanol–water partition coefficient (Wildman–Crippen LogP) is 1.31. The molecule has 0 aliphatic rings. The predicted molar refractivity (Wildman–Crippen MR) is 57.4 cm³/mol. The third kappa shape index (κ3) is 1.60. The fourth-order valence-corrected chi connectivity index (χ4v) is 1.47. The number of carbonyl (C=O) groups excluding carboxylic acids is 1. The van der Waals surface area contributed by atoms with Crippen molar-refractivity contribution in [1.82, 2.24) is 4.57 Å². The summed E-state index contributed by atoms with van der Waals surface area (Å²) >= 11 is 0. The van der Waals surface area contributed by atoms with Crippen molar-refractivity contribution in [3.8, 4) is 0 Å². The van der Waals surface area contributed by atoms with Gasteiger partial charge < -0.3 is 9.15 Å². The van der Waals surface area contributed by atoms with Crippen molar-refractivity contribution in [2.24, 2.45) is 7.05 Å². The number of benzene rings is 1. The maximum absolute atomic E-state index is 11.5. The average Bonchev–Trinajstić information content (AvgIpc) is 2.55. The van der Waals surface area contributed by atoms with Crippen LogP contribution in [0.25, 0.3) is 11.1 Å². The maximum atomic E-state index is 11.5. The van der Waals surface area contributed by atoms with E-state index in [-0.39, 0.29) is 0 Å². The van der Waals surface area contributed by atoms with Crippen molar-refractivity contribution in [3.63, 3.8) is 0 Å². The number of carbonyl (C=O) groups is 1. The summed E-state index contributed by atoms with van der Waals surface area (Å²) in [6.45, 7) is 2.06. The summed E-state index contributed by atoms with van der Waals surface area (Å²) in [6.07, 6.45) is 0. The quantitative estimate of drug-likeness (QED) is 0.717. The number of hydrogen-bond acceptors (Lipinski definition) is 4. The highest BCUT2D eigenvalue weighted by Crippen LogP contribution is 2.14. The van der Waals surface area contributed by atoms with Crippen molar-refractivity contribution >= 4 is 17.1 Å². The second-order valence-corrected chi connectivity index (χ2v) is 3.33. The van der Waals surface area contributed by atoms with Crippen molar-refractivity contribution in [2.75, 3.05) is 6.61 Å². The van der Waals surface area contributed by atoms with Gasteiger partial charge in [-0.15, -0.1) is 0 Å². The molecule has 0 bridgehead atoms. The Hall–Kier alpha value is -2.04. The van der Waals surface area contributed by atoms with E-state index in [4.69, 9.17) is 9.15 Å². The average molecular weight is 221 g/mol. The summed E-state index contributed by atoms with van der Waals surface area (Å²) in [5.74, 6) is -0.853. The lowest BCUT2D eigenvalue weighted by molar-refractivity contribution is 0.0526. The number of hydrogen-bond donors (Lipinski definition) is 0. The summed E-state index contributed by atoms with van der Waals surface area (Å²) < 4.78 is 11.2. The van der Waals surface area contributed by atoms with Crippen LogP contribution in [0.2, 0.25) is 0 Å². The second kappa shape index (κ2) is 3.84. The van der Waals surface area contributed by atoms with E-state index in [0.717, 1.165) is 0 Å². The third-order valence-corrected chi connectivity index (χ3v) is 2.30. The molecule has 2 aromatic rings. The number of esters is 1. The van der Waals surface area contributed by atoms with Crippen LogP contribution in [0.4, 0.5) is 0 Å². The zero-order valence-corrected chi connectivity index (χ0v) is 9.02. The molecule has 5 nitrogen and oxygen atoms in total. The monoisotopic (exact) mass is 221 g/mol. The first-order valence-electron chi connectivity index (χ1n) is 4.90. The minimum absolute atomic E-state index is 0.321. The molecule has 0 spiro atoms. The van der Waals surface area contributed by atoms with E-state index in [1.165, 1.54) is 4.57 Å². The Morgan fingerprint density at radius 2 is 2.25 bits per heavy atom. The minimum Gasteiger partial charge on any atom is -0.462 e. The molecule has 0 saturated carbocycles. The topological polar surface area (TPSA) is 61.4 Å². The normalized spacial score (nSPS) is 10.6. The van der Waals surface area contributed by atoms with E-state index in [2.05, 4.69) is 0 Å². The van der Waals surface area contributed by atoms with Gasteiger partial charge in [0.05, 0.1) is 17.7 Å². The molecule has 0 amide bonds. The van der Waals surface area contributed by atoms with Gasteiger partial charge in [0.2, 0.25) is 0 Å². The Kier molecular flexibility index (Phi) is 2.52. The van der Waals surface area contributed by atoms with Gasteiger partial charge in [-0.2, -0.15) is 0 Å². The summed E-state index contributed by atoms with van der Waals surface area (Å²) in [6, 6.07) is 4.74. The molecule has 0 atom stereocenters. The van der Waals surface area contributed by atoms with Crippen molar-refractivity contribution in [2.45, 2.75) is 6.92 Å². The lowest BCUT2D eigenvalue weighted by Gasteiger charge is -2.01. The third-order valence-electron chi connectivity index (χ3n) is 2.30. The van der Waals surface area contributed by atoms with Crippen molar-refractivity contribution in [1.29, 1.82) is 0 Å². The van der Waals surface area contributed by atoms with Crippen LogP contribution in [-0.4, -0.2) is 17.1 Å². The van der Waals surface area contributed by atoms with Crippen LogP contribution < -0.4 is 5.76 Å². The first kappa shape index (κ1) is 10.5. The molecule has 0 fully saturated rings. The van der Waals surface area contributed by atoms with Gasteiger partial charge in [-0.05, 0) is 25.1 Å².